The van der Waals surface area contributed by atoms with Gasteiger partial charge in [-0.1, -0.05) is 30.8 Å². The lowest BCUT2D eigenvalue weighted by atomic mass is 10.1. The zero-order valence-electron chi connectivity index (χ0n) is 17.8. The Morgan fingerprint density at radius 2 is 1.83 bits per heavy atom. The molecule has 1 aromatic carbocycles. The summed E-state index contributed by atoms with van der Waals surface area (Å²) in [5, 5.41) is 12.5. The summed E-state index contributed by atoms with van der Waals surface area (Å²) in [5.41, 5.74) is 3.03. The third-order valence-electron chi connectivity index (χ3n) is 4.69. The molecule has 0 aliphatic carbocycles. The van der Waals surface area contributed by atoms with Gasteiger partial charge in [-0.05, 0) is 36.2 Å². The number of anilines is 1. The topological polar surface area (TPSA) is 77.1 Å². The van der Waals surface area contributed by atoms with E-state index in [0.717, 1.165) is 48.2 Å². The van der Waals surface area contributed by atoms with Crippen molar-refractivity contribution in [3.8, 4) is 11.4 Å². The molecule has 0 spiro atoms. The van der Waals surface area contributed by atoms with Crippen LogP contribution in [0.25, 0.3) is 11.4 Å². The van der Waals surface area contributed by atoms with Crippen LogP contribution >= 0.6 is 11.8 Å². The quantitative estimate of drug-likeness (QED) is 0.487. The van der Waals surface area contributed by atoms with Crippen LogP contribution in [0, 0.1) is 0 Å². The summed E-state index contributed by atoms with van der Waals surface area (Å²) in [6, 6.07) is 11.8. The molecule has 0 fully saturated rings. The number of hydrogen-bond acceptors (Lipinski definition) is 5. The maximum atomic E-state index is 12.4. The highest BCUT2D eigenvalue weighted by molar-refractivity contribution is 7.99. The maximum absolute atomic E-state index is 12.4. The molecule has 0 atom stereocenters. The molecular weight excluding hydrogens is 396 g/mol. The summed E-state index contributed by atoms with van der Waals surface area (Å²) in [6.45, 7) is 3.96. The number of nitrogens with zero attached hydrogens (tertiary/aromatic N) is 4. The van der Waals surface area contributed by atoms with E-state index >= 15 is 0 Å². The standard InChI is InChI=1S/C22H28N6OS/c1-4-17-6-8-19(9-7-17)24-20(29)16-30-22-26-25-21(18-10-12-23-13-11-18)28(22)15-5-14-27(2)3/h6-13H,4-5,14-16H2,1-3H3,(H,24,29)/p+1. The molecule has 0 saturated heterocycles. The van der Waals surface area contributed by atoms with Gasteiger partial charge in [0.05, 0.1) is 26.4 Å². The third kappa shape index (κ3) is 6.14. The molecule has 2 aromatic heterocycles. The molecule has 2 heterocycles. The summed E-state index contributed by atoms with van der Waals surface area (Å²) < 4.78 is 2.10. The van der Waals surface area contributed by atoms with Crippen molar-refractivity contribution in [2.24, 2.45) is 0 Å². The smallest absolute Gasteiger partial charge is 0.234 e. The molecule has 3 aromatic rings. The first-order valence-electron chi connectivity index (χ1n) is 10.2. The Bertz CT molecular complexity index is 940. The Labute approximate surface area is 181 Å². The predicted molar refractivity (Wildman–Crippen MR) is 121 cm³/mol. The molecule has 0 aliphatic heterocycles. The molecule has 2 N–H and O–H groups in total. The maximum Gasteiger partial charge on any atom is 0.234 e. The monoisotopic (exact) mass is 425 g/mol. The highest BCUT2D eigenvalue weighted by atomic mass is 32.2. The lowest BCUT2D eigenvalue weighted by Crippen LogP contribution is -3.05. The van der Waals surface area contributed by atoms with Gasteiger partial charge in [-0.2, -0.15) is 0 Å². The molecule has 7 nitrogen and oxygen atoms in total. The Kier molecular flexibility index (Phi) is 7.98. The van der Waals surface area contributed by atoms with E-state index in [9.17, 15) is 4.79 Å². The molecule has 0 saturated carbocycles. The predicted octanol–water partition coefficient (Wildman–Crippen LogP) is 2.17. The number of rotatable bonds is 10. The average molecular weight is 426 g/mol. The number of carbonyl (C=O) groups excluding carboxylic acids is 1. The first kappa shape index (κ1) is 22.0. The largest absolute Gasteiger partial charge is 0.340 e. The molecule has 0 bridgehead atoms. The summed E-state index contributed by atoms with van der Waals surface area (Å²) in [5.74, 6) is 1.04. The molecular formula is C22H29N6OS+. The Hall–Kier alpha value is -2.71. The molecule has 30 heavy (non-hydrogen) atoms. The zero-order chi connectivity index (χ0) is 21.3. The van der Waals surface area contributed by atoms with Gasteiger partial charge in [0.2, 0.25) is 5.91 Å². The van der Waals surface area contributed by atoms with Crippen molar-refractivity contribution < 1.29 is 9.69 Å². The molecule has 0 aliphatic rings. The van der Waals surface area contributed by atoms with Gasteiger partial charge in [0, 0.05) is 36.6 Å². The minimum Gasteiger partial charge on any atom is -0.340 e. The summed E-state index contributed by atoms with van der Waals surface area (Å²) in [4.78, 5) is 17.9. The number of amides is 1. The Morgan fingerprint density at radius 1 is 1.10 bits per heavy atom. The number of aromatic nitrogens is 4. The normalized spacial score (nSPS) is 11.1. The van der Waals surface area contributed by atoms with Crippen molar-refractivity contribution >= 4 is 23.4 Å². The van der Waals surface area contributed by atoms with Crippen molar-refractivity contribution in [1.29, 1.82) is 0 Å². The van der Waals surface area contributed by atoms with E-state index in [2.05, 4.69) is 46.1 Å². The van der Waals surface area contributed by atoms with Crippen molar-refractivity contribution in [3.05, 3.63) is 54.4 Å². The number of pyridine rings is 1. The van der Waals surface area contributed by atoms with Gasteiger partial charge in [0.25, 0.3) is 0 Å². The molecule has 0 unspecified atom stereocenters. The SMILES string of the molecule is CCc1ccc(NC(=O)CSc2nnc(-c3ccncc3)n2CCC[NH+](C)C)cc1. The van der Waals surface area contributed by atoms with Crippen LogP contribution in [0.5, 0.6) is 0 Å². The minimum absolute atomic E-state index is 0.0537. The van der Waals surface area contributed by atoms with Gasteiger partial charge in [-0.25, -0.2) is 0 Å². The minimum atomic E-state index is -0.0537. The van der Waals surface area contributed by atoms with E-state index < -0.39 is 0 Å². The van der Waals surface area contributed by atoms with E-state index in [4.69, 9.17) is 0 Å². The van der Waals surface area contributed by atoms with Crippen molar-refractivity contribution in [2.75, 3.05) is 31.7 Å². The number of benzene rings is 1. The van der Waals surface area contributed by atoms with E-state index in [1.165, 1.54) is 22.2 Å². The van der Waals surface area contributed by atoms with Crippen LogP contribution in [0.3, 0.4) is 0 Å². The second-order valence-corrected chi connectivity index (χ2v) is 8.33. The number of nitrogens with one attached hydrogen (secondary N) is 2. The number of hydrogen-bond donors (Lipinski definition) is 2. The fraction of sp³-hybridized carbons (Fsp3) is 0.364. The highest BCUT2D eigenvalue weighted by Crippen LogP contribution is 2.24. The van der Waals surface area contributed by atoms with Crippen LogP contribution in [0.2, 0.25) is 0 Å². The average Bonchev–Trinajstić information content (AvgIpc) is 3.16. The van der Waals surface area contributed by atoms with Crippen LogP contribution in [0.1, 0.15) is 18.9 Å². The van der Waals surface area contributed by atoms with Crippen LogP contribution in [0.4, 0.5) is 5.69 Å². The van der Waals surface area contributed by atoms with E-state index in [1.807, 2.05) is 36.4 Å². The van der Waals surface area contributed by atoms with Crippen molar-refractivity contribution in [3.63, 3.8) is 0 Å². The number of quaternary nitrogens is 1. The van der Waals surface area contributed by atoms with Crippen LogP contribution in [-0.4, -0.2) is 52.0 Å². The van der Waals surface area contributed by atoms with Crippen LogP contribution < -0.4 is 10.2 Å². The van der Waals surface area contributed by atoms with Gasteiger partial charge in [0.1, 0.15) is 0 Å². The number of carbonyl (C=O) groups is 1. The van der Waals surface area contributed by atoms with E-state index in [-0.39, 0.29) is 11.7 Å². The molecule has 3 rings (SSSR count). The van der Waals surface area contributed by atoms with Gasteiger partial charge in [-0.15, -0.1) is 10.2 Å². The molecule has 0 radical (unpaired) electrons. The van der Waals surface area contributed by atoms with Crippen molar-refractivity contribution in [2.45, 2.75) is 31.5 Å². The zero-order valence-corrected chi connectivity index (χ0v) is 18.6. The first-order chi connectivity index (χ1) is 14.6. The van der Waals surface area contributed by atoms with E-state index in [0.29, 0.717) is 0 Å². The van der Waals surface area contributed by atoms with E-state index in [1.54, 1.807) is 12.4 Å². The lowest BCUT2D eigenvalue weighted by molar-refractivity contribution is -0.858. The van der Waals surface area contributed by atoms with Crippen molar-refractivity contribution in [1.82, 2.24) is 19.7 Å². The van der Waals surface area contributed by atoms with Crippen LogP contribution in [0.15, 0.2) is 53.9 Å². The summed E-state index contributed by atoms with van der Waals surface area (Å²) >= 11 is 1.41. The van der Waals surface area contributed by atoms with Gasteiger partial charge in [-0.3, -0.25) is 9.78 Å². The molecule has 1 amide bonds. The van der Waals surface area contributed by atoms with Gasteiger partial charge in [0.15, 0.2) is 11.0 Å². The molecule has 8 heteroatoms. The van der Waals surface area contributed by atoms with Crippen LogP contribution in [-0.2, 0) is 17.8 Å². The highest BCUT2D eigenvalue weighted by Gasteiger charge is 2.16. The number of thioether (sulfide) groups is 1. The Morgan fingerprint density at radius 3 is 2.50 bits per heavy atom. The molecule has 158 valence electrons. The summed E-state index contributed by atoms with van der Waals surface area (Å²) in [6.07, 6.45) is 5.49. The second kappa shape index (κ2) is 10.9. The number of aryl methyl sites for hydroxylation is 1. The Balaban J connectivity index is 1.67. The lowest BCUT2D eigenvalue weighted by Gasteiger charge is -2.12. The summed E-state index contributed by atoms with van der Waals surface area (Å²) in [7, 11) is 4.28. The second-order valence-electron chi connectivity index (χ2n) is 7.39. The van der Waals surface area contributed by atoms with Gasteiger partial charge >= 0.3 is 0 Å². The fourth-order valence-corrected chi connectivity index (χ4v) is 3.82. The fourth-order valence-electron chi connectivity index (χ4n) is 3.05. The first-order valence-corrected chi connectivity index (χ1v) is 11.2. The third-order valence-corrected chi connectivity index (χ3v) is 5.66. The van der Waals surface area contributed by atoms with Gasteiger partial charge < -0.3 is 14.8 Å².